The summed E-state index contributed by atoms with van der Waals surface area (Å²) in [5.74, 6) is 0.829. The molecule has 0 aromatic heterocycles. The number of nitrogens with two attached hydrogens (primary N) is 1. The van der Waals surface area contributed by atoms with Gasteiger partial charge in [0.2, 0.25) is 0 Å². The van der Waals surface area contributed by atoms with Crippen molar-refractivity contribution >= 4 is 0 Å². The second-order valence-corrected chi connectivity index (χ2v) is 6.05. The highest BCUT2D eigenvalue weighted by Gasteiger charge is 2.21. The molecule has 0 amide bonds. The van der Waals surface area contributed by atoms with Crippen LogP contribution >= 0.6 is 0 Å². The monoisotopic (exact) mass is 250 g/mol. The topological polar surface area (TPSA) is 38.0 Å². The van der Waals surface area contributed by atoms with Crippen molar-refractivity contribution in [3.8, 4) is 0 Å². The van der Waals surface area contributed by atoms with E-state index in [0.717, 1.165) is 19.0 Å². The maximum Gasteiger partial charge on any atom is 0.0218 e. The average molecular weight is 250 g/mol. The van der Waals surface area contributed by atoms with Crippen LogP contribution in [0.2, 0.25) is 0 Å². The van der Waals surface area contributed by atoms with Gasteiger partial charge in [-0.05, 0) is 51.0 Å². The Labute approximate surface area is 112 Å². The van der Waals surface area contributed by atoms with Gasteiger partial charge in [-0.1, -0.05) is 37.3 Å². The van der Waals surface area contributed by atoms with E-state index in [1.165, 1.54) is 64.2 Å². The largest absolute Gasteiger partial charge is 0.329 e. The van der Waals surface area contributed by atoms with E-state index in [4.69, 9.17) is 5.73 Å². The van der Waals surface area contributed by atoms with Crippen LogP contribution in [0.4, 0.5) is 0 Å². The molecule has 0 bridgehead atoms. The Morgan fingerprint density at radius 1 is 1.17 bits per heavy atom. The molecule has 0 heterocycles. The normalized spacial score (nSPS) is 23.7. The molecule has 0 saturated heterocycles. The Bertz CT molecular complexity index is 252. The number of rotatable bonds is 6. The predicted octanol–water partition coefficient (Wildman–Crippen LogP) is 3.37. The molecular weight excluding hydrogens is 220 g/mol. The van der Waals surface area contributed by atoms with E-state index >= 15 is 0 Å². The molecule has 2 heteroatoms. The molecule has 2 rings (SSSR count). The van der Waals surface area contributed by atoms with Gasteiger partial charge in [0.1, 0.15) is 0 Å². The fourth-order valence-electron chi connectivity index (χ4n) is 3.54. The zero-order valence-corrected chi connectivity index (χ0v) is 11.8. The number of nitrogens with one attached hydrogen (secondary N) is 1. The quantitative estimate of drug-likeness (QED) is 0.560. The SMILES string of the molecule is NCC(NCCC1=CCCC1)C1CCCCCC1. The highest BCUT2D eigenvalue weighted by atomic mass is 14.9. The summed E-state index contributed by atoms with van der Waals surface area (Å²) in [6.45, 7) is 1.94. The molecule has 2 nitrogen and oxygen atoms in total. The van der Waals surface area contributed by atoms with Crippen LogP contribution in [0.15, 0.2) is 11.6 Å². The van der Waals surface area contributed by atoms with E-state index < -0.39 is 0 Å². The molecule has 104 valence electrons. The third-order valence-electron chi connectivity index (χ3n) is 4.71. The van der Waals surface area contributed by atoms with Crippen molar-refractivity contribution in [1.29, 1.82) is 0 Å². The fourth-order valence-corrected chi connectivity index (χ4v) is 3.54. The smallest absolute Gasteiger partial charge is 0.0218 e. The minimum atomic E-state index is 0.560. The van der Waals surface area contributed by atoms with Crippen LogP contribution in [-0.2, 0) is 0 Å². The third-order valence-corrected chi connectivity index (χ3v) is 4.71. The molecule has 0 aromatic rings. The molecule has 2 aliphatic rings. The number of hydrogen-bond donors (Lipinski definition) is 2. The lowest BCUT2D eigenvalue weighted by atomic mass is 9.91. The second-order valence-electron chi connectivity index (χ2n) is 6.05. The maximum atomic E-state index is 5.97. The molecule has 1 unspecified atom stereocenters. The van der Waals surface area contributed by atoms with Gasteiger partial charge in [-0.3, -0.25) is 0 Å². The van der Waals surface area contributed by atoms with E-state index in [1.54, 1.807) is 5.57 Å². The molecule has 0 radical (unpaired) electrons. The first-order valence-corrected chi connectivity index (χ1v) is 8.01. The number of allylic oxidation sites excluding steroid dienone is 1. The van der Waals surface area contributed by atoms with Gasteiger partial charge in [-0.15, -0.1) is 0 Å². The first-order valence-electron chi connectivity index (χ1n) is 8.01. The Balaban J connectivity index is 1.70. The summed E-state index contributed by atoms with van der Waals surface area (Å²) < 4.78 is 0. The summed E-state index contributed by atoms with van der Waals surface area (Å²) in [5, 5.41) is 3.73. The summed E-state index contributed by atoms with van der Waals surface area (Å²) in [4.78, 5) is 0. The van der Waals surface area contributed by atoms with Crippen molar-refractivity contribution in [2.75, 3.05) is 13.1 Å². The van der Waals surface area contributed by atoms with Crippen LogP contribution in [0.1, 0.15) is 64.2 Å². The number of hydrogen-bond acceptors (Lipinski definition) is 2. The van der Waals surface area contributed by atoms with Crippen molar-refractivity contribution in [3.63, 3.8) is 0 Å². The van der Waals surface area contributed by atoms with Gasteiger partial charge >= 0.3 is 0 Å². The zero-order chi connectivity index (χ0) is 12.6. The highest BCUT2D eigenvalue weighted by molar-refractivity contribution is 5.07. The van der Waals surface area contributed by atoms with E-state index in [-0.39, 0.29) is 0 Å². The summed E-state index contributed by atoms with van der Waals surface area (Å²) in [6.07, 6.45) is 16.1. The minimum Gasteiger partial charge on any atom is -0.329 e. The summed E-state index contributed by atoms with van der Waals surface area (Å²) in [5.41, 5.74) is 7.64. The minimum absolute atomic E-state index is 0.560. The first-order chi connectivity index (χ1) is 8.90. The fraction of sp³-hybridized carbons (Fsp3) is 0.875. The third kappa shape index (κ3) is 4.40. The van der Waals surface area contributed by atoms with Gasteiger partial charge in [-0.25, -0.2) is 0 Å². The Morgan fingerprint density at radius 2 is 1.94 bits per heavy atom. The van der Waals surface area contributed by atoms with Crippen LogP contribution in [0.5, 0.6) is 0 Å². The van der Waals surface area contributed by atoms with Crippen LogP contribution < -0.4 is 11.1 Å². The molecule has 0 aliphatic heterocycles. The Morgan fingerprint density at radius 3 is 2.56 bits per heavy atom. The summed E-state index contributed by atoms with van der Waals surface area (Å²) >= 11 is 0. The van der Waals surface area contributed by atoms with Crippen LogP contribution in [0.3, 0.4) is 0 Å². The van der Waals surface area contributed by atoms with Crippen molar-refractivity contribution < 1.29 is 0 Å². The lowest BCUT2D eigenvalue weighted by Crippen LogP contribution is -2.42. The second kappa shape index (κ2) is 7.96. The Hall–Kier alpha value is -0.340. The van der Waals surface area contributed by atoms with Crippen LogP contribution in [-0.4, -0.2) is 19.1 Å². The van der Waals surface area contributed by atoms with Crippen molar-refractivity contribution in [1.82, 2.24) is 5.32 Å². The van der Waals surface area contributed by atoms with Crippen molar-refractivity contribution in [3.05, 3.63) is 11.6 Å². The maximum absolute atomic E-state index is 5.97. The van der Waals surface area contributed by atoms with Crippen LogP contribution in [0.25, 0.3) is 0 Å². The zero-order valence-electron chi connectivity index (χ0n) is 11.8. The molecule has 3 N–H and O–H groups in total. The molecular formula is C16H30N2. The van der Waals surface area contributed by atoms with Gasteiger partial charge < -0.3 is 11.1 Å². The summed E-state index contributed by atoms with van der Waals surface area (Å²) in [7, 11) is 0. The van der Waals surface area contributed by atoms with Gasteiger partial charge in [0.05, 0.1) is 0 Å². The molecule has 1 atom stereocenters. The average Bonchev–Trinajstić information content (AvgIpc) is 2.76. The van der Waals surface area contributed by atoms with Gasteiger partial charge in [0.25, 0.3) is 0 Å². The predicted molar refractivity (Wildman–Crippen MR) is 78.6 cm³/mol. The molecule has 2 aliphatic carbocycles. The van der Waals surface area contributed by atoms with Gasteiger partial charge in [0, 0.05) is 12.6 Å². The van der Waals surface area contributed by atoms with Crippen molar-refractivity contribution in [2.45, 2.75) is 70.3 Å². The van der Waals surface area contributed by atoms with E-state index in [0.29, 0.717) is 6.04 Å². The van der Waals surface area contributed by atoms with Crippen molar-refractivity contribution in [2.24, 2.45) is 11.7 Å². The lowest BCUT2D eigenvalue weighted by Gasteiger charge is -2.26. The molecule has 1 saturated carbocycles. The van der Waals surface area contributed by atoms with Gasteiger partial charge in [-0.2, -0.15) is 0 Å². The molecule has 1 fully saturated rings. The lowest BCUT2D eigenvalue weighted by molar-refractivity contribution is 0.325. The standard InChI is InChI=1S/C16H30N2/c17-13-16(15-9-3-1-2-4-10-15)18-12-11-14-7-5-6-8-14/h7,15-16,18H,1-6,8-13,17H2. The van der Waals surface area contributed by atoms with E-state index in [9.17, 15) is 0 Å². The van der Waals surface area contributed by atoms with E-state index in [2.05, 4.69) is 11.4 Å². The molecule has 0 spiro atoms. The summed E-state index contributed by atoms with van der Waals surface area (Å²) in [6, 6.07) is 0.560. The van der Waals surface area contributed by atoms with E-state index in [1.807, 2.05) is 0 Å². The highest BCUT2D eigenvalue weighted by Crippen LogP contribution is 2.25. The van der Waals surface area contributed by atoms with Crippen LogP contribution in [0, 0.1) is 5.92 Å². The molecule has 18 heavy (non-hydrogen) atoms. The van der Waals surface area contributed by atoms with Gasteiger partial charge in [0.15, 0.2) is 0 Å². The Kier molecular flexibility index (Phi) is 6.22. The molecule has 0 aromatic carbocycles. The first kappa shape index (κ1) is 14.1.